The van der Waals surface area contributed by atoms with E-state index in [1.807, 2.05) is 30.5 Å². The van der Waals surface area contributed by atoms with Gasteiger partial charge in [0.1, 0.15) is 0 Å². The topological polar surface area (TPSA) is 55.1 Å². The predicted octanol–water partition coefficient (Wildman–Crippen LogP) is 3.65. The molecule has 0 aromatic heterocycles. The van der Waals surface area contributed by atoms with Crippen LogP contribution in [-0.2, 0) is 4.79 Å². The number of benzene rings is 1. The van der Waals surface area contributed by atoms with Crippen molar-refractivity contribution in [3.8, 4) is 0 Å². The molecule has 1 saturated carbocycles. The third kappa shape index (κ3) is 3.76. The predicted molar refractivity (Wildman–Crippen MR) is 86.0 cm³/mol. The highest BCUT2D eigenvalue weighted by Crippen LogP contribution is 2.38. The molecule has 2 rings (SSSR count). The number of nitrogens with one attached hydrogen (secondary N) is 1. The number of thioether (sulfide) groups is 1. The van der Waals surface area contributed by atoms with Crippen LogP contribution in [0, 0.1) is 5.41 Å². The van der Waals surface area contributed by atoms with Crippen molar-refractivity contribution >= 4 is 23.4 Å². The summed E-state index contributed by atoms with van der Waals surface area (Å²) >= 11 is 1.65. The molecule has 1 fully saturated rings. The van der Waals surface area contributed by atoms with E-state index in [4.69, 9.17) is 5.73 Å². The maximum Gasteiger partial charge on any atom is 0.225 e. The molecule has 3 N–H and O–H groups in total. The number of amides is 1. The number of hydrogen-bond acceptors (Lipinski definition) is 3. The third-order valence-electron chi connectivity index (χ3n) is 4.26. The SMILES string of the molecule is CSc1ccccc1NC(=O)CC1(CN)CCCCC1. The molecule has 4 heteroatoms. The smallest absolute Gasteiger partial charge is 0.225 e. The summed E-state index contributed by atoms with van der Waals surface area (Å²) in [5, 5.41) is 3.05. The summed E-state index contributed by atoms with van der Waals surface area (Å²) in [6.45, 7) is 0.616. The molecular formula is C16H24N2OS. The Morgan fingerprint density at radius 2 is 2.00 bits per heavy atom. The number of nitrogens with two attached hydrogens (primary N) is 1. The molecule has 0 saturated heterocycles. The van der Waals surface area contributed by atoms with Gasteiger partial charge in [0.15, 0.2) is 0 Å². The lowest BCUT2D eigenvalue weighted by Gasteiger charge is -2.35. The lowest BCUT2D eigenvalue weighted by atomic mass is 9.71. The Hall–Kier alpha value is -1.00. The fourth-order valence-corrected chi connectivity index (χ4v) is 3.59. The molecule has 1 amide bonds. The van der Waals surface area contributed by atoms with Crippen molar-refractivity contribution in [1.82, 2.24) is 0 Å². The number of rotatable bonds is 5. The number of anilines is 1. The van der Waals surface area contributed by atoms with E-state index in [1.54, 1.807) is 11.8 Å². The molecule has 1 aliphatic carbocycles. The molecule has 1 aromatic carbocycles. The highest BCUT2D eigenvalue weighted by molar-refractivity contribution is 7.98. The Bertz CT molecular complexity index is 456. The van der Waals surface area contributed by atoms with E-state index in [0.29, 0.717) is 13.0 Å². The monoisotopic (exact) mass is 292 g/mol. The fraction of sp³-hybridized carbons (Fsp3) is 0.562. The summed E-state index contributed by atoms with van der Waals surface area (Å²) in [4.78, 5) is 13.4. The summed E-state index contributed by atoms with van der Waals surface area (Å²) in [5.74, 6) is 0.0962. The van der Waals surface area contributed by atoms with Crippen molar-refractivity contribution < 1.29 is 4.79 Å². The van der Waals surface area contributed by atoms with E-state index in [1.165, 1.54) is 19.3 Å². The normalized spacial score (nSPS) is 17.7. The molecule has 0 atom stereocenters. The number of para-hydroxylation sites is 1. The summed E-state index contributed by atoms with van der Waals surface area (Å²) in [6.07, 6.45) is 8.42. The Labute approximate surface area is 125 Å². The third-order valence-corrected chi connectivity index (χ3v) is 5.06. The molecule has 0 aliphatic heterocycles. The van der Waals surface area contributed by atoms with E-state index in [-0.39, 0.29) is 11.3 Å². The number of carbonyl (C=O) groups excluding carboxylic acids is 1. The summed E-state index contributed by atoms with van der Waals surface area (Å²) in [5.41, 5.74) is 6.89. The largest absolute Gasteiger partial charge is 0.330 e. The quantitative estimate of drug-likeness (QED) is 0.815. The van der Waals surface area contributed by atoms with E-state index in [9.17, 15) is 4.79 Å². The second-order valence-electron chi connectivity index (χ2n) is 5.69. The van der Waals surface area contributed by atoms with Gasteiger partial charge in [-0.1, -0.05) is 31.4 Å². The van der Waals surface area contributed by atoms with Crippen molar-refractivity contribution in [3.05, 3.63) is 24.3 Å². The van der Waals surface area contributed by atoms with Gasteiger partial charge in [-0.05, 0) is 43.2 Å². The highest BCUT2D eigenvalue weighted by atomic mass is 32.2. The van der Waals surface area contributed by atoms with Crippen LogP contribution >= 0.6 is 11.8 Å². The number of hydrogen-bond donors (Lipinski definition) is 2. The lowest BCUT2D eigenvalue weighted by Crippen LogP contribution is -2.36. The van der Waals surface area contributed by atoms with Gasteiger partial charge in [-0.2, -0.15) is 0 Å². The molecular weight excluding hydrogens is 268 g/mol. The Morgan fingerprint density at radius 1 is 1.30 bits per heavy atom. The minimum Gasteiger partial charge on any atom is -0.330 e. The van der Waals surface area contributed by atoms with Crippen LogP contribution in [0.1, 0.15) is 38.5 Å². The van der Waals surface area contributed by atoms with Gasteiger partial charge in [0.05, 0.1) is 5.69 Å². The zero-order chi connectivity index (χ0) is 14.4. The molecule has 110 valence electrons. The van der Waals surface area contributed by atoms with Gasteiger partial charge in [0, 0.05) is 11.3 Å². The molecule has 0 radical (unpaired) electrons. The second kappa shape index (κ2) is 7.14. The summed E-state index contributed by atoms with van der Waals surface area (Å²) < 4.78 is 0. The Balaban J connectivity index is 2.01. The van der Waals surface area contributed by atoms with Crippen LogP contribution in [0.25, 0.3) is 0 Å². The summed E-state index contributed by atoms with van der Waals surface area (Å²) in [7, 11) is 0. The van der Waals surface area contributed by atoms with E-state index in [2.05, 4.69) is 5.32 Å². The average Bonchev–Trinajstić information content (AvgIpc) is 2.48. The Morgan fingerprint density at radius 3 is 2.65 bits per heavy atom. The van der Waals surface area contributed by atoms with Crippen molar-refractivity contribution in [2.75, 3.05) is 18.1 Å². The molecule has 0 bridgehead atoms. The first-order chi connectivity index (χ1) is 9.69. The molecule has 20 heavy (non-hydrogen) atoms. The first kappa shape index (κ1) is 15.4. The van der Waals surface area contributed by atoms with Gasteiger partial charge < -0.3 is 11.1 Å². The zero-order valence-electron chi connectivity index (χ0n) is 12.2. The van der Waals surface area contributed by atoms with E-state index in [0.717, 1.165) is 23.4 Å². The van der Waals surface area contributed by atoms with Crippen LogP contribution in [0.15, 0.2) is 29.2 Å². The second-order valence-corrected chi connectivity index (χ2v) is 6.54. The van der Waals surface area contributed by atoms with Gasteiger partial charge in [0.2, 0.25) is 5.91 Å². The van der Waals surface area contributed by atoms with Gasteiger partial charge in [-0.15, -0.1) is 11.8 Å². The van der Waals surface area contributed by atoms with Crippen LogP contribution in [0.2, 0.25) is 0 Å². The first-order valence-corrected chi connectivity index (χ1v) is 8.54. The molecule has 0 heterocycles. The van der Waals surface area contributed by atoms with E-state index >= 15 is 0 Å². The fourth-order valence-electron chi connectivity index (χ4n) is 3.04. The average molecular weight is 292 g/mol. The van der Waals surface area contributed by atoms with Crippen LogP contribution in [-0.4, -0.2) is 18.7 Å². The van der Waals surface area contributed by atoms with Crippen LogP contribution < -0.4 is 11.1 Å². The molecule has 0 spiro atoms. The van der Waals surface area contributed by atoms with Gasteiger partial charge in [0.25, 0.3) is 0 Å². The minimum atomic E-state index is 0.0244. The standard InChI is InChI=1S/C16H24N2OS/c1-20-14-8-4-3-7-13(14)18-15(19)11-16(12-17)9-5-2-6-10-16/h3-4,7-8H,2,5-6,9-12,17H2,1H3,(H,18,19). The van der Waals surface area contributed by atoms with Crippen molar-refractivity contribution in [3.63, 3.8) is 0 Å². The zero-order valence-corrected chi connectivity index (χ0v) is 13.0. The van der Waals surface area contributed by atoms with Crippen LogP contribution in [0.4, 0.5) is 5.69 Å². The van der Waals surface area contributed by atoms with Gasteiger partial charge in [-0.3, -0.25) is 4.79 Å². The lowest BCUT2D eigenvalue weighted by molar-refractivity contribution is -0.118. The molecule has 1 aliphatic rings. The van der Waals surface area contributed by atoms with Crippen LogP contribution in [0.3, 0.4) is 0 Å². The molecule has 0 unspecified atom stereocenters. The Kier molecular flexibility index (Phi) is 5.49. The number of carbonyl (C=O) groups is 1. The van der Waals surface area contributed by atoms with Gasteiger partial charge in [-0.25, -0.2) is 0 Å². The maximum absolute atomic E-state index is 12.3. The van der Waals surface area contributed by atoms with E-state index < -0.39 is 0 Å². The summed E-state index contributed by atoms with van der Waals surface area (Å²) in [6, 6.07) is 7.93. The maximum atomic E-state index is 12.3. The first-order valence-electron chi connectivity index (χ1n) is 7.32. The van der Waals surface area contributed by atoms with Crippen molar-refractivity contribution in [2.45, 2.75) is 43.4 Å². The molecule has 1 aromatic rings. The highest BCUT2D eigenvalue weighted by Gasteiger charge is 2.33. The van der Waals surface area contributed by atoms with Crippen molar-refractivity contribution in [1.29, 1.82) is 0 Å². The van der Waals surface area contributed by atoms with Crippen LogP contribution in [0.5, 0.6) is 0 Å². The minimum absolute atomic E-state index is 0.0244. The molecule has 3 nitrogen and oxygen atoms in total. The van der Waals surface area contributed by atoms with Gasteiger partial charge >= 0.3 is 0 Å². The van der Waals surface area contributed by atoms with Crippen molar-refractivity contribution in [2.24, 2.45) is 11.1 Å².